The molecule has 6 N–H and O–H groups in total. The molecule has 3 rings (SSSR count). The lowest BCUT2D eigenvalue weighted by Gasteiger charge is -2.10. The van der Waals surface area contributed by atoms with Crippen molar-refractivity contribution in [2.24, 2.45) is 11.5 Å². The summed E-state index contributed by atoms with van der Waals surface area (Å²) in [6.45, 7) is -0.0365. The first kappa shape index (κ1) is 17.2. The van der Waals surface area contributed by atoms with Gasteiger partial charge in [-0.05, 0) is 17.2 Å². The number of primary amides is 2. The summed E-state index contributed by atoms with van der Waals surface area (Å²) in [5, 5.41) is 15.7. The van der Waals surface area contributed by atoms with Gasteiger partial charge in [-0.15, -0.1) is 0 Å². The Morgan fingerprint density at radius 2 is 1.77 bits per heavy atom. The molecule has 0 spiro atoms. The number of aromatic nitrogens is 2. The summed E-state index contributed by atoms with van der Waals surface area (Å²) in [5.41, 5.74) is 13.7. The van der Waals surface area contributed by atoms with Crippen molar-refractivity contribution in [2.45, 2.75) is 6.61 Å². The van der Waals surface area contributed by atoms with E-state index in [4.69, 9.17) is 11.5 Å². The number of aliphatic hydroxyl groups excluding tert-OH is 1. The molecule has 0 bridgehead atoms. The second kappa shape index (κ2) is 7.08. The largest absolute Gasteiger partial charge is 0.392 e. The van der Waals surface area contributed by atoms with Crippen LogP contribution in [0.1, 0.15) is 16.1 Å². The fraction of sp³-hybridized carbons (Fsp3) is 0.0556. The second-order valence-corrected chi connectivity index (χ2v) is 5.56. The van der Waals surface area contributed by atoms with Crippen molar-refractivity contribution in [2.75, 3.05) is 5.32 Å². The molecule has 0 unspecified atom stereocenters. The fourth-order valence-corrected chi connectivity index (χ4v) is 2.61. The monoisotopic (exact) mass is 351 g/mol. The molecule has 0 saturated carbocycles. The lowest BCUT2D eigenvalue weighted by atomic mass is 10.0. The van der Waals surface area contributed by atoms with Crippen molar-refractivity contribution in [1.29, 1.82) is 0 Å². The fourth-order valence-electron chi connectivity index (χ4n) is 2.61. The van der Waals surface area contributed by atoms with Crippen LogP contribution in [-0.4, -0.2) is 26.8 Å². The number of nitrogens with one attached hydrogen (secondary N) is 1. The normalized spacial score (nSPS) is 10.5. The van der Waals surface area contributed by atoms with Gasteiger partial charge in [0.25, 0.3) is 5.91 Å². The zero-order valence-corrected chi connectivity index (χ0v) is 13.7. The van der Waals surface area contributed by atoms with Crippen molar-refractivity contribution < 1.29 is 14.7 Å². The Hall–Kier alpha value is -3.65. The van der Waals surface area contributed by atoms with Crippen molar-refractivity contribution in [3.05, 3.63) is 66.0 Å². The van der Waals surface area contributed by atoms with Crippen LogP contribution in [-0.2, 0) is 6.61 Å². The average molecular weight is 351 g/mol. The Morgan fingerprint density at radius 3 is 2.38 bits per heavy atom. The zero-order chi connectivity index (χ0) is 18.7. The topological polar surface area (TPSA) is 136 Å². The van der Waals surface area contributed by atoms with Crippen LogP contribution in [0.3, 0.4) is 0 Å². The minimum atomic E-state index is -0.820. The first-order valence-corrected chi connectivity index (χ1v) is 7.75. The van der Waals surface area contributed by atoms with Crippen molar-refractivity contribution in [3.63, 3.8) is 0 Å². The lowest BCUT2D eigenvalue weighted by Crippen LogP contribution is -2.22. The molecule has 1 aromatic heterocycles. The summed E-state index contributed by atoms with van der Waals surface area (Å²) in [7, 11) is 0. The highest BCUT2D eigenvalue weighted by molar-refractivity contribution is 6.00. The Balaban J connectivity index is 2.10. The average Bonchev–Trinajstić information content (AvgIpc) is 3.05. The van der Waals surface area contributed by atoms with E-state index in [-0.39, 0.29) is 18.0 Å². The van der Waals surface area contributed by atoms with Gasteiger partial charge in [-0.3, -0.25) is 4.79 Å². The van der Waals surface area contributed by atoms with Gasteiger partial charge in [-0.25, -0.2) is 9.48 Å². The van der Waals surface area contributed by atoms with Crippen molar-refractivity contribution in [3.8, 4) is 16.8 Å². The molecule has 0 aliphatic carbocycles. The van der Waals surface area contributed by atoms with E-state index in [1.807, 2.05) is 48.5 Å². The smallest absolute Gasteiger partial charge is 0.316 e. The molecule has 2 aromatic carbocycles. The molecule has 8 heteroatoms. The molecule has 8 nitrogen and oxygen atoms in total. The van der Waals surface area contributed by atoms with E-state index >= 15 is 0 Å². The molecule has 3 aromatic rings. The van der Waals surface area contributed by atoms with Gasteiger partial charge in [0.05, 0.1) is 24.2 Å². The third-order valence-corrected chi connectivity index (χ3v) is 3.80. The van der Waals surface area contributed by atoms with Crippen LogP contribution in [0.25, 0.3) is 16.8 Å². The maximum atomic E-state index is 11.6. The molecular weight excluding hydrogens is 334 g/mol. The Morgan fingerprint density at radius 1 is 1.08 bits per heavy atom. The number of carbonyl (C=O) groups is 2. The summed E-state index contributed by atoms with van der Waals surface area (Å²) < 4.78 is 1.46. The quantitative estimate of drug-likeness (QED) is 0.555. The highest BCUT2D eigenvalue weighted by Crippen LogP contribution is 2.28. The highest BCUT2D eigenvalue weighted by atomic mass is 16.3. The van der Waals surface area contributed by atoms with E-state index in [9.17, 15) is 14.7 Å². The van der Waals surface area contributed by atoms with E-state index in [0.29, 0.717) is 5.69 Å². The number of rotatable bonds is 5. The predicted molar refractivity (Wildman–Crippen MR) is 96.6 cm³/mol. The summed E-state index contributed by atoms with van der Waals surface area (Å²) >= 11 is 0. The summed E-state index contributed by atoms with van der Waals surface area (Å²) in [4.78, 5) is 22.7. The maximum Gasteiger partial charge on any atom is 0.316 e. The van der Waals surface area contributed by atoms with E-state index in [2.05, 4.69) is 10.4 Å². The number of nitrogens with zero attached hydrogens (tertiary/aromatic N) is 2. The number of carbonyl (C=O) groups excluding carboxylic acids is 2. The van der Waals surface area contributed by atoms with Crippen LogP contribution < -0.4 is 16.8 Å². The molecule has 0 saturated heterocycles. The van der Waals surface area contributed by atoms with Crippen LogP contribution in [0.5, 0.6) is 0 Å². The lowest BCUT2D eigenvalue weighted by molar-refractivity contribution is 0.0996. The predicted octanol–water partition coefficient (Wildman–Crippen LogP) is 1.62. The number of hydrogen-bond donors (Lipinski definition) is 4. The van der Waals surface area contributed by atoms with Gasteiger partial charge in [0.15, 0.2) is 5.69 Å². The van der Waals surface area contributed by atoms with Gasteiger partial charge in [-0.2, -0.15) is 5.10 Å². The van der Waals surface area contributed by atoms with Crippen LogP contribution in [0.15, 0.2) is 54.7 Å². The first-order valence-electron chi connectivity index (χ1n) is 7.75. The molecule has 0 fully saturated rings. The number of urea groups is 1. The molecule has 0 atom stereocenters. The van der Waals surface area contributed by atoms with E-state index in [1.165, 1.54) is 10.9 Å². The van der Waals surface area contributed by atoms with Crippen molar-refractivity contribution >= 4 is 17.6 Å². The van der Waals surface area contributed by atoms with Gasteiger partial charge in [0.1, 0.15) is 0 Å². The molecule has 3 amide bonds. The molecule has 26 heavy (non-hydrogen) atoms. The standard InChI is InChI=1S/C18H17N5O3/c19-17(25)16-14(21-18(20)26)9-23(22-16)15-4-2-1-3-13(15)12-7-5-11(10-24)6-8-12/h1-9,24H,10H2,(H2,19,25)(H3,20,21,26). The molecule has 0 aliphatic rings. The van der Waals surface area contributed by atoms with Gasteiger partial charge in [0.2, 0.25) is 0 Å². The van der Waals surface area contributed by atoms with E-state index in [0.717, 1.165) is 16.7 Å². The van der Waals surface area contributed by atoms with Crippen LogP contribution in [0, 0.1) is 0 Å². The van der Waals surface area contributed by atoms with E-state index < -0.39 is 11.9 Å². The van der Waals surface area contributed by atoms with Gasteiger partial charge >= 0.3 is 6.03 Å². The Labute approximate surface area is 149 Å². The molecule has 0 aliphatic heterocycles. The number of para-hydroxylation sites is 1. The number of anilines is 1. The van der Waals surface area contributed by atoms with Gasteiger partial charge < -0.3 is 21.9 Å². The molecular formula is C18H17N5O3. The number of aliphatic hydroxyl groups is 1. The maximum absolute atomic E-state index is 11.6. The number of benzene rings is 2. The highest BCUT2D eigenvalue weighted by Gasteiger charge is 2.17. The summed E-state index contributed by atoms with van der Waals surface area (Å²) in [6.07, 6.45) is 1.48. The van der Waals surface area contributed by atoms with E-state index in [1.54, 1.807) is 0 Å². The number of amides is 3. The Bertz CT molecular complexity index is 963. The van der Waals surface area contributed by atoms with Gasteiger partial charge in [0, 0.05) is 5.56 Å². The third-order valence-electron chi connectivity index (χ3n) is 3.80. The summed E-state index contributed by atoms with van der Waals surface area (Å²) in [6, 6.07) is 14.0. The Kier molecular flexibility index (Phi) is 4.68. The molecule has 1 heterocycles. The SMILES string of the molecule is NC(=O)Nc1cn(-c2ccccc2-c2ccc(CO)cc2)nc1C(N)=O. The van der Waals surface area contributed by atoms with Gasteiger partial charge in [-0.1, -0.05) is 42.5 Å². The third kappa shape index (κ3) is 3.40. The first-order chi connectivity index (χ1) is 12.5. The second-order valence-electron chi connectivity index (χ2n) is 5.56. The van der Waals surface area contributed by atoms with Crippen molar-refractivity contribution in [1.82, 2.24) is 9.78 Å². The number of hydrogen-bond acceptors (Lipinski definition) is 4. The number of nitrogens with two attached hydrogens (primary N) is 2. The molecule has 132 valence electrons. The minimum absolute atomic E-state index is 0.0365. The molecule has 0 radical (unpaired) electrons. The van der Waals surface area contributed by atoms with Crippen LogP contribution >= 0.6 is 0 Å². The minimum Gasteiger partial charge on any atom is -0.392 e. The van der Waals surface area contributed by atoms with Crippen LogP contribution in [0.2, 0.25) is 0 Å². The zero-order valence-electron chi connectivity index (χ0n) is 13.7. The van der Waals surface area contributed by atoms with Crippen LogP contribution in [0.4, 0.5) is 10.5 Å². The summed E-state index contributed by atoms with van der Waals surface area (Å²) in [5.74, 6) is -0.780.